The van der Waals surface area contributed by atoms with Gasteiger partial charge in [0.25, 0.3) is 5.56 Å². The van der Waals surface area contributed by atoms with Crippen LogP contribution in [0.5, 0.6) is 0 Å². The summed E-state index contributed by atoms with van der Waals surface area (Å²) < 4.78 is 52.1. The van der Waals surface area contributed by atoms with E-state index in [2.05, 4.69) is 10.2 Å². The van der Waals surface area contributed by atoms with Crippen LogP contribution in [0.25, 0.3) is 16.7 Å². The minimum atomic E-state index is -4.62. The summed E-state index contributed by atoms with van der Waals surface area (Å²) in [7, 11) is -4.62. The Kier molecular flexibility index (Phi) is 6.29. The van der Waals surface area contributed by atoms with Gasteiger partial charge in [-0.05, 0) is 36.2 Å². The molecule has 11 heteroatoms. The van der Waals surface area contributed by atoms with Gasteiger partial charge < -0.3 is 0 Å². The maximum atomic E-state index is 13.0. The zero-order valence-electron chi connectivity index (χ0n) is 17.1. The topological polar surface area (TPSA) is 86.3 Å². The molecule has 2 heterocycles. The highest BCUT2D eigenvalue weighted by atomic mass is 32.2. The van der Waals surface area contributed by atoms with E-state index in [-0.39, 0.29) is 5.56 Å². The number of unbranched alkanes of at least 4 members (excludes halogenated alkanes) is 1. The van der Waals surface area contributed by atoms with Gasteiger partial charge in [0.1, 0.15) is 0 Å². The summed E-state index contributed by atoms with van der Waals surface area (Å²) in [6, 6.07) is 12.6. The van der Waals surface area contributed by atoms with Crippen LogP contribution in [0.3, 0.4) is 0 Å². The molecule has 0 fully saturated rings. The second-order valence-corrected chi connectivity index (χ2v) is 10.0. The summed E-state index contributed by atoms with van der Waals surface area (Å²) in [6.45, 7) is 2.58. The van der Waals surface area contributed by atoms with Crippen LogP contribution in [0, 0.1) is 0 Å². The largest absolute Gasteiger partial charge is 0.341 e. The Morgan fingerprint density at radius 3 is 2.47 bits per heavy atom. The van der Waals surface area contributed by atoms with Gasteiger partial charge in [0.2, 0.25) is 15.6 Å². The molecular formula is C21H20F2N4O3S2. The molecule has 0 saturated carbocycles. The number of benzene rings is 2. The molecule has 0 unspecified atom stereocenters. The second-order valence-electron chi connectivity index (χ2n) is 7.18. The van der Waals surface area contributed by atoms with E-state index in [1.165, 1.54) is 36.0 Å². The van der Waals surface area contributed by atoms with Gasteiger partial charge >= 0.3 is 5.76 Å². The number of thioether (sulfide) groups is 1. The van der Waals surface area contributed by atoms with E-state index < -0.39 is 20.5 Å². The molecule has 0 amide bonds. The highest BCUT2D eigenvalue weighted by Crippen LogP contribution is 2.26. The summed E-state index contributed by atoms with van der Waals surface area (Å²) in [5.41, 5.74) is 1.33. The molecule has 0 aliphatic carbocycles. The van der Waals surface area contributed by atoms with Crippen molar-refractivity contribution in [3.63, 3.8) is 0 Å². The van der Waals surface area contributed by atoms with E-state index in [9.17, 15) is 22.0 Å². The van der Waals surface area contributed by atoms with Crippen molar-refractivity contribution in [1.29, 1.82) is 0 Å². The Hall–Kier alpha value is -2.79. The first-order chi connectivity index (χ1) is 15.3. The highest BCUT2D eigenvalue weighted by Gasteiger charge is 2.26. The molecule has 0 N–H and O–H groups in total. The molecule has 0 aliphatic heterocycles. The fourth-order valence-electron chi connectivity index (χ4n) is 3.37. The molecular weight excluding hydrogens is 458 g/mol. The van der Waals surface area contributed by atoms with Gasteiger partial charge in [-0.1, -0.05) is 49.4 Å². The molecule has 4 aromatic rings. The SMILES string of the molecule is CCCCn1c(=O)c2ccccc2n2c(SCc3ccc(S(=O)(=O)C(F)F)cc3)nnc12. The normalized spacial score (nSPS) is 12.2. The monoisotopic (exact) mass is 478 g/mol. The first-order valence-electron chi connectivity index (χ1n) is 9.95. The number of hydrogen-bond acceptors (Lipinski definition) is 6. The van der Waals surface area contributed by atoms with Gasteiger partial charge in [-0.15, -0.1) is 10.2 Å². The highest BCUT2D eigenvalue weighted by molar-refractivity contribution is 7.98. The van der Waals surface area contributed by atoms with Crippen LogP contribution in [-0.4, -0.2) is 33.3 Å². The van der Waals surface area contributed by atoms with E-state index in [1.807, 2.05) is 29.5 Å². The third-order valence-corrected chi connectivity index (χ3v) is 7.47. The van der Waals surface area contributed by atoms with E-state index in [1.54, 1.807) is 10.6 Å². The lowest BCUT2D eigenvalue weighted by atomic mass is 10.2. The van der Waals surface area contributed by atoms with E-state index >= 15 is 0 Å². The number of nitrogens with zero attached hydrogens (tertiary/aromatic N) is 4. The van der Waals surface area contributed by atoms with Crippen molar-refractivity contribution in [3.8, 4) is 0 Å². The minimum Gasteiger partial charge on any atom is -0.276 e. The molecule has 32 heavy (non-hydrogen) atoms. The summed E-state index contributed by atoms with van der Waals surface area (Å²) in [4.78, 5) is 12.6. The van der Waals surface area contributed by atoms with Crippen molar-refractivity contribution in [3.05, 3.63) is 64.4 Å². The van der Waals surface area contributed by atoms with Crippen LogP contribution in [0.1, 0.15) is 25.3 Å². The molecule has 168 valence electrons. The minimum absolute atomic E-state index is 0.110. The van der Waals surface area contributed by atoms with Crippen molar-refractivity contribution in [1.82, 2.24) is 19.2 Å². The standard InChI is InChI=1S/C21H20F2N4O3S2/c1-2-3-12-26-18(28)16-6-4-5-7-17(16)27-20(26)24-25-21(27)31-13-14-8-10-15(11-9-14)32(29,30)19(22)23/h4-11,19H,2-3,12-13H2,1H3. The van der Waals surface area contributed by atoms with Gasteiger partial charge in [0.05, 0.1) is 15.8 Å². The number of hydrogen-bond donors (Lipinski definition) is 0. The zero-order valence-corrected chi connectivity index (χ0v) is 18.7. The lowest BCUT2D eigenvalue weighted by Gasteiger charge is -2.11. The molecule has 0 spiro atoms. The lowest BCUT2D eigenvalue weighted by Crippen LogP contribution is -2.23. The van der Waals surface area contributed by atoms with Crippen molar-refractivity contribution in [2.75, 3.05) is 0 Å². The van der Waals surface area contributed by atoms with E-state index in [0.29, 0.717) is 34.1 Å². The molecule has 7 nitrogen and oxygen atoms in total. The fourth-order valence-corrected chi connectivity index (χ4v) is 4.99. The van der Waals surface area contributed by atoms with Crippen molar-refractivity contribution < 1.29 is 17.2 Å². The Morgan fingerprint density at radius 1 is 1.06 bits per heavy atom. The number of fused-ring (bicyclic) bond motifs is 3. The maximum absolute atomic E-state index is 13.0. The molecule has 2 aromatic carbocycles. The van der Waals surface area contributed by atoms with Crippen LogP contribution in [0.15, 0.2) is 63.4 Å². The summed E-state index contributed by atoms with van der Waals surface area (Å²) in [5, 5.41) is 9.67. The van der Waals surface area contributed by atoms with Gasteiger partial charge in [-0.3, -0.25) is 13.8 Å². The van der Waals surface area contributed by atoms with Crippen molar-refractivity contribution in [2.45, 2.75) is 47.9 Å². The van der Waals surface area contributed by atoms with E-state index in [0.717, 1.165) is 18.4 Å². The number of aryl methyl sites for hydroxylation is 1. The third kappa shape index (κ3) is 4.02. The van der Waals surface area contributed by atoms with Gasteiger partial charge in [-0.25, -0.2) is 8.42 Å². The third-order valence-electron chi connectivity index (χ3n) is 5.07. The maximum Gasteiger partial charge on any atom is 0.341 e. The fraction of sp³-hybridized carbons (Fsp3) is 0.286. The van der Waals surface area contributed by atoms with Gasteiger partial charge in [0.15, 0.2) is 5.16 Å². The van der Waals surface area contributed by atoms with Crippen molar-refractivity contribution in [2.24, 2.45) is 0 Å². The second kappa shape index (κ2) is 8.99. The first kappa shape index (κ1) is 22.4. The first-order valence-corrected chi connectivity index (χ1v) is 12.5. The van der Waals surface area contributed by atoms with Gasteiger partial charge in [0, 0.05) is 12.3 Å². The Balaban J connectivity index is 1.69. The number of sulfone groups is 1. The number of para-hydroxylation sites is 1. The summed E-state index contributed by atoms with van der Waals surface area (Å²) in [6.07, 6.45) is 1.76. The molecule has 0 bridgehead atoms. The van der Waals surface area contributed by atoms with Crippen LogP contribution in [0.2, 0.25) is 0 Å². The Morgan fingerprint density at radius 2 is 1.78 bits per heavy atom. The predicted octanol–water partition coefficient (Wildman–Crippen LogP) is 4.13. The molecule has 0 atom stereocenters. The predicted molar refractivity (Wildman–Crippen MR) is 119 cm³/mol. The molecule has 0 radical (unpaired) electrons. The van der Waals surface area contributed by atoms with Crippen molar-refractivity contribution >= 4 is 38.3 Å². The zero-order chi connectivity index (χ0) is 22.9. The van der Waals surface area contributed by atoms with Crippen LogP contribution >= 0.6 is 11.8 Å². The van der Waals surface area contributed by atoms with Crippen LogP contribution < -0.4 is 5.56 Å². The van der Waals surface area contributed by atoms with E-state index in [4.69, 9.17) is 0 Å². The average molecular weight is 479 g/mol. The van der Waals surface area contributed by atoms with Crippen LogP contribution in [-0.2, 0) is 22.1 Å². The quantitative estimate of drug-likeness (QED) is 0.354. The Bertz CT molecular complexity index is 1430. The smallest absolute Gasteiger partial charge is 0.276 e. The summed E-state index contributed by atoms with van der Waals surface area (Å²) >= 11 is 1.36. The number of alkyl halides is 2. The molecule has 0 aliphatic rings. The summed E-state index contributed by atoms with van der Waals surface area (Å²) in [5.74, 6) is -2.58. The number of halogens is 2. The van der Waals surface area contributed by atoms with Crippen LogP contribution in [0.4, 0.5) is 8.78 Å². The molecule has 4 rings (SSSR count). The molecule has 0 saturated heterocycles. The molecule has 2 aromatic heterocycles. The number of rotatable bonds is 8. The Labute approximate surface area is 187 Å². The van der Waals surface area contributed by atoms with Gasteiger partial charge in [-0.2, -0.15) is 8.78 Å². The lowest BCUT2D eigenvalue weighted by molar-refractivity contribution is 0.234. The number of aromatic nitrogens is 4. The average Bonchev–Trinajstić information content (AvgIpc) is 3.22.